The second-order valence-electron chi connectivity index (χ2n) is 0.585. The number of hydrogen-bond donors (Lipinski definition) is 0. The molecule has 0 radical (unpaired) electrons. The van der Waals surface area contributed by atoms with Gasteiger partial charge in [-0.1, -0.05) is 0 Å². The summed E-state index contributed by atoms with van der Waals surface area (Å²) in [5.41, 5.74) is 0. The van der Waals surface area contributed by atoms with Gasteiger partial charge in [0.2, 0.25) is 0 Å². The first kappa shape index (κ1) is 4.74. The summed E-state index contributed by atoms with van der Waals surface area (Å²) in [6.45, 7) is 0. The predicted molar refractivity (Wildman–Crippen MR) is 17.7 cm³/mol. The summed E-state index contributed by atoms with van der Waals surface area (Å²) in [6.07, 6.45) is 9.66. The van der Waals surface area contributed by atoms with Gasteiger partial charge >= 0.3 is 39.0 Å². The van der Waals surface area contributed by atoms with Gasteiger partial charge < -0.3 is 0 Å². The van der Waals surface area contributed by atoms with Crippen LogP contribution in [0.1, 0.15) is 0 Å². The first-order valence-corrected chi connectivity index (χ1v) is 4.25. The molecule has 0 atom stereocenters. The first-order valence-electron chi connectivity index (χ1n) is 1.28. The molecule has 0 aromatic rings. The van der Waals surface area contributed by atoms with Gasteiger partial charge in [-0.2, -0.15) is 0 Å². The molecule has 0 aliphatic rings. The molecule has 20 valence electrons. The minimum absolute atomic E-state index is 0.847. The van der Waals surface area contributed by atoms with E-state index >= 15 is 0 Å². The monoisotopic (exact) mass is 114 g/mol. The van der Waals surface area contributed by atoms with E-state index < -0.39 is 17.1 Å². The fraction of sp³-hybridized carbons (Fsp3) is 0. The molecule has 0 heterocycles. The molecule has 0 fully saturated rings. The van der Waals surface area contributed by atoms with Crippen molar-refractivity contribution in [3.63, 3.8) is 0 Å². The van der Waals surface area contributed by atoms with Crippen LogP contribution in [-0.2, 0) is 17.1 Å². The summed E-state index contributed by atoms with van der Waals surface area (Å²) in [5, 5.41) is 0. The number of terminal acetylenes is 2. The average Bonchev–Trinajstić information content (AvgIpc) is 1.41. The van der Waals surface area contributed by atoms with Crippen molar-refractivity contribution in [2.75, 3.05) is 0 Å². The molecule has 0 bridgehead atoms. The summed E-state index contributed by atoms with van der Waals surface area (Å²) in [6, 6.07) is 0. The van der Waals surface area contributed by atoms with Crippen LogP contribution in [0.15, 0.2) is 0 Å². The van der Waals surface area contributed by atoms with Crippen molar-refractivity contribution in [2.24, 2.45) is 0 Å². The van der Waals surface area contributed by atoms with E-state index in [1.54, 1.807) is 0 Å². The molecule has 1 heteroatoms. The molecule has 0 saturated heterocycles. The van der Waals surface area contributed by atoms with Crippen LogP contribution < -0.4 is 0 Å². The van der Waals surface area contributed by atoms with Gasteiger partial charge in [-0.3, -0.25) is 0 Å². The Morgan fingerprint density at radius 2 is 1.60 bits per heavy atom. The van der Waals surface area contributed by atoms with Gasteiger partial charge in [0.05, 0.1) is 0 Å². The van der Waals surface area contributed by atoms with Gasteiger partial charge in [0.25, 0.3) is 0 Å². The van der Waals surface area contributed by atoms with Gasteiger partial charge in [0.15, 0.2) is 0 Å². The Morgan fingerprint density at radius 1 is 1.20 bits per heavy atom. The molecule has 0 aromatic heterocycles. The quantitative estimate of drug-likeness (QED) is 0.314. The zero-order chi connectivity index (χ0) is 4.12. The molecule has 0 saturated carbocycles. The summed E-state index contributed by atoms with van der Waals surface area (Å²) >= 11 is -0.847. The average molecular weight is 115 g/mol. The van der Waals surface area contributed by atoms with E-state index in [-0.39, 0.29) is 0 Å². The van der Waals surface area contributed by atoms with Crippen LogP contribution in [0.5, 0.6) is 0 Å². The van der Waals surface area contributed by atoms with Crippen LogP contribution in [0.3, 0.4) is 0 Å². The van der Waals surface area contributed by atoms with E-state index in [9.17, 15) is 0 Å². The third-order valence-electron chi connectivity index (χ3n) is 0.204. The Balaban J connectivity index is 2.86. The van der Waals surface area contributed by atoms with Crippen molar-refractivity contribution in [2.45, 2.75) is 0 Å². The molecule has 0 aromatic carbocycles. The Kier molecular flexibility index (Phi) is 3.55. The minimum atomic E-state index is -0.847. The molecule has 0 unspecified atom stereocenters. The van der Waals surface area contributed by atoms with E-state index in [0.29, 0.717) is 0 Å². The maximum atomic E-state index is 4.83. The molecule has 0 nitrogen and oxygen atoms in total. The summed E-state index contributed by atoms with van der Waals surface area (Å²) in [5.74, 6) is 0. The summed E-state index contributed by atoms with van der Waals surface area (Å²) in [4.78, 5) is 0. The Bertz CT molecular complexity index is 68.8. The van der Waals surface area contributed by atoms with Gasteiger partial charge in [-0.25, -0.2) is 0 Å². The van der Waals surface area contributed by atoms with Crippen molar-refractivity contribution in [1.82, 2.24) is 0 Å². The Morgan fingerprint density at radius 3 is 1.60 bits per heavy atom. The van der Waals surface area contributed by atoms with E-state index in [1.807, 2.05) is 0 Å². The zero-order valence-electron chi connectivity index (χ0n) is 2.86. The van der Waals surface area contributed by atoms with E-state index in [1.165, 1.54) is 0 Å². The SMILES string of the molecule is C#[C][Zn][C]#C. The summed E-state index contributed by atoms with van der Waals surface area (Å²) < 4.78 is 4.94. The normalized spacial score (nSPS) is 2.80. The first-order chi connectivity index (χ1) is 2.41. The van der Waals surface area contributed by atoms with E-state index in [4.69, 9.17) is 12.8 Å². The van der Waals surface area contributed by atoms with Crippen molar-refractivity contribution in [1.29, 1.82) is 0 Å². The Labute approximate surface area is 39.6 Å². The van der Waals surface area contributed by atoms with E-state index in [0.717, 1.165) is 0 Å². The third kappa shape index (κ3) is 3.74. The second kappa shape index (κ2) is 3.74. The fourth-order valence-corrected chi connectivity index (χ4v) is 0.306. The van der Waals surface area contributed by atoms with Crippen molar-refractivity contribution < 1.29 is 17.1 Å². The molecular formula is C4H2Zn. The molecule has 0 amide bonds. The van der Waals surface area contributed by atoms with Crippen LogP contribution >= 0.6 is 0 Å². The molecule has 0 N–H and O–H groups in total. The fourth-order valence-electron chi connectivity index (χ4n) is 0.0589. The number of hydrogen-bond acceptors (Lipinski definition) is 0. The van der Waals surface area contributed by atoms with Crippen LogP contribution in [0.25, 0.3) is 0 Å². The maximum absolute atomic E-state index is 4.83. The third-order valence-corrected chi connectivity index (χ3v) is 1.06. The van der Waals surface area contributed by atoms with E-state index in [2.05, 4.69) is 9.03 Å². The second-order valence-corrected chi connectivity index (χ2v) is 3.04. The van der Waals surface area contributed by atoms with Crippen molar-refractivity contribution in [3.05, 3.63) is 0 Å². The number of rotatable bonds is 0. The van der Waals surface area contributed by atoms with Crippen LogP contribution in [-0.4, -0.2) is 0 Å². The molecule has 0 aliphatic heterocycles. The van der Waals surface area contributed by atoms with Crippen LogP contribution in [0.2, 0.25) is 0 Å². The Hall–Kier alpha value is -0.257. The van der Waals surface area contributed by atoms with Crippen LogP contribution in [0.4, 0.5) is 0 Å². The van der Waals surface area contributed by atoms with Gasteiger partial charge in [0, 0.05) is 0 Å². The van der Waals surface area contributed by atoms with Gasteiger partial charge in [-0.05, 0) is 0 Å². The zero-order valence-corrected chi connectivity index (χ0v) is 5.83. The molecule has 0 aliphatic carbocycles. The van der Waals surface area contributed by atoms with Gasteiger partial charge in [0.1, 0.15) is 0 Å². The predicted octanol–water partition coefficient (Wildman–Crippen LogP) is 0.250. The molecule has 5 heavy (non-hydrogen) atoms. The van der Waals surface area contributed by atoms with Gasteiger partial charge in [-0.15, -0.1) is 0 Å². The molecular weight excluding hydrogens is 113 g/mol. The summed E-state index contributed by atoms with van der Waals surface area (Å²) in [7, 11) is 0. The van der Waals surface area contributed by atoms with Crippen LogP contribution in [0, 0.1) is 21.9 Å². The topological polar surface area (TPSA) is 0 Å². The standard InChI is InChI=1S/2C2H.Zn/c2*1-2;/h2*1H;. The van der Waals surface area contributed by atoms with Crippen molar-refractivity contribution >= 4 is 0 Å². The van der Waals surface area contributed by atoms with Crippen molar-refractivity contribution in [3.8, 4) is 21.9 Å². The molecule has 0 spiro atoms. The molecule has 0 rings (SSSR count).